The molecule has 2 bridgehead atoms. The molecular formula is C10H13ClO. The highest BCUT2D eigenvalue weighted by atomic mass is 35.5. The third-order valence-electron chi connectivity index (χ3n) is 4.28. The van der Waals surface area contributed by atoms with Crippen molar-refractivity contribution in [1.82, 2.24) is 0 Å². The molecule has 0 radical (unpaired) electrons. The van der Waals surface area contributed by atoms with Gasteiger partial charge in [-0.15, -0.1) is 0 Å². The molecule has 66 valence electrons. The molecule has 0 amide bonds. The average molecular weight is 185 g/mol. The van der Waals surface area contributed by atoms with E-state index in [1.54, 1.807) is 0 Å². The molecule has 0 heterocycles. The van der Waals surface area contributed by atoms with Gasteiger partial charge in [0, 0.05) is 0 Å². The Kier molecular flexibility index (Phi) is 1.24. The van der Waals surface area contributed by atoms with Crippen LogP contribution in [0, 0.1) is 16.2 Å². The van der Waals surface area contributed by atoms with Gasteiger partial charge in [0.2, 0.25) is 5.24 Å². The summed E-state index contributed by atoms with van der Waals surface area (Å²) >= 11 is 5.62. The number of allylic oxidation sites excluding steroid dienone is 2. The first-order chi connectivity index (χ1) is 5.36. The summed E-state index contributed by atoms with van der Waals surface area (Å²) in [7, 11) is 0. The van der Waals surface area contributed by atoms with Crippen molar-refractivity contribution < 1.29 is 4.79 Å². The smallest absolute Gasteiger partial charge is 0.232 e. The quantitative estimate of drug-likeness (QED) is 0.453. The molecule has 0 saturated heterocycles. The molecule has 3 aliphatic rings. The summed E-state index contributed by atoms with van der Waals surface area (Å²) < 4.78 is 0. The van der Waals surface area contributed by atoms with Gasteiger partial charge in [0.25, 0.3) is 0 Å². The molecule has 12 heavy (non-hydrogen) atoms. The number of carbonyl (C=O) groups excluding carboxylic acids is 1. The fraction of sp³-hybridized carbons (Fsp3) is 0.700. The SMILES string of the molecule is CC12C=CC(C(=O)Cl)(C1)C2(C)C. The van der Waals surface area contributed by atoms with E-state index in [1.807, 2.05) is 6.08 Å². The van der Waals surface area contributed by atoms with Crippen molar-refractivity contribution in [2.24, 2.45) is 16.2 Å². The van der Waals surface area contributed by atoms with Crippen LogP contribution in [0.4, 0.5) is 0 Å². The second kappa shape index (κ2) is 1.79. The van der Waals surface area contributed by atoms with Crippen LogP contribution in [0.2, 0.25) is 0 Å². The van der Waals surface area contributed by atoms with Gasteiger partial charge in [-0.1, -0.05) is 32.9 Å². The normalized spacial score (nSPS) is 47.3. The Morgan fingerprint density at radius 3 is 2.08 bits per heavy atom. The molecule has 2 atom stereocenters. The minimum Gasteiger partial charge on any atom is -0.280 e. The van der Waals surface area contributed by atoms with Crippen LogP contribution in [-0.2, 0) is 4.79 Å². The third kappa shape index (κ3) is 0.545. The van der Waals surface area contributed by atoms with E-state index in [0.29, 0.717) is 0 Å². The minimum absolute atomic E-state index is 0.0127. The number of hydrogen-bond donors (Lipinski definition) is 0. The first-order valence-electron chi connectivity index (χ1n) is 4.26. The zero-order valence-corrected chi connectivity index (χ0v) is 8.40. The van der Waals surface area contributed by atoms with Crippen molar-refractivity contribution in [3.05, 3.63) is 12.2 Å². The molecule has 0 spiro atoms. The van der Waals surface area contributed by atoms with Gasteiger partial charge < -0.3 is 0 Å². The summed E-state index contributed by atoms with van der Waals surface area (Å²) in [4.78, 5) is 11.3. The van der Waals surface area contributed by atoms with Gasteiger partial charge in [0.15, 0.2) is 0 Å². The number of carbonyl (C=O) groups is 1. The Hall–Kier alpha value is -0.300. The Morgan fingerprint density at radius 2 is 1.92 bits per heavy atom. The summed E-state index contributed by atoms with van der Waals surface area (Å²) in [5, 5.41) is -0.196. The zero-order chi connectivity index (χ0) is 9.20. The van der Waals surface area contributed by atoms with Crippen molar-refractivity contribution in [2.75, 3.05) is 0 Å². The van der Waals surface area contributed by atoms with E-state index < -0.39 is 0 Å². The average Bonchev–Trinajstić information content (AvgIpc) is 2.39. The van der Waals surface area contributed by atoms with Crippen LogP contribution in [-0.4, -0.2) is 5.24 Å². The number of halogens is 1. The largest absolute Gasteiger partial charge is 0.280 e. The highest BCUT2D eigenvalue weighted by molar-refractivity contribution is 6.65. The second-order valence-electron chi connectivity index (χ2n) is 4.80. The first-order valence-corrected chi connectivity index (χ1v) is 4.64. The molecule has 0 aromatic heterocycles. The monoisotopic (exact) mass is 184 g/mol. The van der Waals surface area contributed by atoms with Crippen LogP contribution in [0.25, 0.3) is 0 Å². The van der Waals surface area contributed by atoms with E-state index in [2.05, 4.69) is 26.8 Å². The summed E-state index contributed by atoms with van der Waals surface area (Å²) in [6.07, 6.45) is 5.05. The molecule has 0 aromatic carbocycles. The Bertz CT molecular complexity index is 292. The van der Waals surface area contributed by atoms with Gasteiger partial charge >= 0.3 is 0 Å². The lowest BCUT2D eigenvalue weighted by atomic mass is 9.43. The minimum atomic E-state index is -0.358. The fourth-order valence-corrected chi connectivity index (χ4v) is 3.03. The molecular weight excluding hydrogens is 172 g/mol. The maximum atomic E-state index is 11.3. The maximum Gasteiger partial charge on any atom is 0.232 e. The van der Waals surface area contributed by atoms with Gasteiger partial charge in [0.05, 0.1) is 5.41 Å². The van der Waals surface area contributed by atoms with Crippen LogP contribution in [0.1, 0.15) is 27.2 Å². The highest BCUT2D eigenvalue weighted by Gasteiger charge is 2.71. The van der Waals surface area contributed by atoms with Crippen molar-refractivity contribution in [1.29, 1.82) is 0 Å². The molecule has 1 saturated carbocycles. The van der Waals surface area contributed by atoms with Crippen LogP contribution in [0.3, 0.4) is 0 Å². The lowest BCUT2D eigenvalue weighted by Gasteiger charge is -2.59. The third-order valence-corrected chi connectivity index (χ3v) is 4.61. The predicted octanol–water partition coefficient (Wildman–Crippen LogP) is 2.74. The summed E-state index contributed by atoms with van der Waals surface area (Å²) in [5.41, 5.74) is -0.153. The summed E-state index contributed by atoms with van der Waals surface area (Å²) in [6.45, 7) is 6.43. The molecule has 3 rings (SSSR count). The van der Waals surface area contributed by atoms with Gasteiger partial charge in [-0.3, -0.25) is 4.79 Å². The van der Waals surface area contributed by atoms with Crippen LogP contribution in [0.5, 0.6) is 0 Å². The standard InChI is InChI=1S/C10H13ClO/c1-8(2)9(3)4-5-10(8,6-9)7(11)12/h4-5H,6H2,1-3H3. The van der Waals surface area contributed by atoms with E-state index in [-0.39, 0.29) is 21.5 Å². The maximum absolute atomic E-state index is 11.3. The van der Waals surface area contributed by atoms with Crippen LogP contribution < -0.4 is 0 Å². The lowest BCUT2D eigenvalue weighted by Crippen LogP contribution is -2.58. The molecule has 1 fully saturated rings. The van der Waals surface area contributed by atoms with Crippen LogP contribution >= 0.6 is 11.6 Å². The van der Waals surface area contributed by atoms with E-state index in [9.17, 15) is 4.79 Å². The van der Waals surface area contributed by atoms with Crippen molar-refractivity contribution in [3.63, 3.8) is 0 Å². The number of rotatable bonds is 1. The molecule has 2 heteroatoms. The highest BCUT2D eigenvalue weighted by Crippen LogP contribution is 2.74. The van der Waals surface area contributed by atoms with Gasteiger partial charge in [-0.05, 0) is 28.9 Å². The van der Waals surface area contributed by atoms with Crippen LogP contribution in [0.15, 0.2) is 12.2 Å². The first kappa shape index (κ1) is 8.31. The van der Waals surface area contributed by atoms with E-state index >= 15 is 0 Å². The predicted molar refractivity (Wildman–Crippen MR) is 48.9 cm³/mol. The van der Waals surface area contributed by atoms with Crippen molar-refractivity contribution >= 4 is 16.8 Å². The molecule has 0 N–H and O–H groups in total. The fourth-order valence-electron chi connectivity index (χ4n) is 2.67. The molecule has 2 unspecified atom stereocenters. The molecule has 1 nitrogen and oxygen atoms in total. The van der Waals surface area contributed by atoms with E-state index in [4.69, 9.17) is 11.6 Å². The van der Waals surface area contributed by atoms with E-state index in [1.165, 1.54) is 0 Å². The van der Waals surface area contributed by atoms with Gasteiger partial charge in [-0.2, -0.15) is 0 Å². The molecule has 0 aromatic rings. The summed E-state index contributed by atoms with van der Waals surface area (Å²) in [5.74, 6) is 0. The lowest BCUT2D eigenvalue weighted by molar-refractivity contribution is -0.148. The summed E-state index contributed by atoms with van der Waals surface area (Å²) in [6, 6.07) is 0. The Morgan fingerprint density at radius 1 is 1.33 bits per heavy atom. The Balaban J connectivity index is 2.48. The van der Waals surface area contributed by atoms with Crippen molar-refractivity contribution in [3.8, 4) is 0 Å². The number of hydrogen-bond acceptors (Lipinski definition) is 1. The van der Waals surface area contributed by atoms with Gasteiger partial charge in [0.1, 0.15) is 0 Å². The van der Waals surface area contributed by atoms with E-state index in [0.717, 1.165) is 6.42 Å². The second-order valence-corrected chi connectivity index (χ2v) is 5.14. The topological polar surface area (TPSA) is 17.1 Å². The molecule has 0 aliphatic heterocycles. The van der Waals surface area contributed by atoms with Crippen molar-refractivity contribution in [2.45, 2.75) is 27.2 Å². The zero-order valence-electron chi connectivity index (χ0n) is 7.65. The van der Waals surface area contributed by atoms with Gasteiger partial charge in [-0.25, -0.2) is 0 Å². The molecule has 3 aliphatic carbocycles. The Labute approximate surface area is 77.8 Å².